The van der Waals surface area contributed by atoms with Crippen molar-refractivity contribution < 1.29 is 5.11 Å². The van der Waals surface area contributed by atoms with Crippen LogP contribution in [-0.2, 0) is 0 Å². The summed E-state index contributed by atoms with van der Waals surface area (Å²) in [5, 5.41) is 12.1. The largest absolute Gasteiger partial charge is 0.492 e. The molecule has 3 N–H and O–H groups in total. The minimum Gasteiger partial charge on any atom is -0.492 e. The van der Waals surface area contributed by atoms with Gasteiger partial charge in [-0.3, -0.25) is 0 Å². The molecule has 2 aromatic rings. The maximum Gasteiger partial charge on any atom is 0.243 e. The van der Waals surface area contributed by atoms with E-state index in [-0.39, 0.29) is 22.5 Å². The van der Waals surface area contributed by atoms with Gasteiger partial charge in [-0.2, -0.15) is 4.98 Å². The predicted molar refractivity (Wildman–Crippen MR) is 64.7 cm³/mol. The van der Waals surface area contributed by atoms with Crippen LogP contribution >= 0.6 is 24.0 Å². The number of anilines is 1. The van der Waals surface area contributed by atoms with Gasteiger partial charge in [0.25, 0.3) is 0 Å². The predicted octanol–water partition coefficient (Wildman–Crippen LogP) is 1.26. The van der Waals surface area contributed by atoms with Crippen LogP contribution in [0.4, 0.5) is 11.5 Å². The monoisotopic (exact) mass is 253 g/mol. The lowest BCUT2D eigenvalue weighted by molar-refractivity contribution is 0.448. The molecule has 0 aliphatic heterocycles. The Morgan fingerprint density at radius 2 is 2.31 bits per heavy atom. The molecule has 2 aromatic heterocycles. The van der Waals surface area contributed by atoms with Gasteiger partial charge >= 0.3 is 0 Å². The van der Waals surface area contributed by atoms with E-state index in [4.69, 9.17) is 5.73 Å². The Balaban J connectivity index is 2.35. The average molecular weight is 253 g/mol. The topological polar surface area (TPSA) is 97.3 Å². The van der Waals surface area contributed by atoms with Crippen LogP contribution < -0.4 is 5.73 Å². The molecule has 8 heteroatoms. The number of hydrogen-bond acceptors (Lipinski definition) is 8. The average Bonchev–Trinajstić information content (AvgIpc) is 2.68. The molecule has 82 valence electrons. The normalized spacial score (nSPS) is 11.1. The Kier molecular flexibility index (Phi) is 3.02. The van der Waals surface area contributed by atoms with Gasteiger partial charge in [-0.05, 0) is 0 Å². The van der Waals surface area contributed by atoms with Gasteiger partial charge in [0.1, 0.15) is 5.01 Å². The van der Waals surface area contributed by atoms with Crippen molar-refractivity contribution in [3.8, 4) is 5.88 Å². The van der Waals surface area contributed by atoms with Crippen molar-refractivity contribution in [1.82, 2.24) is 15.0 Å². The van der Waals surface area contributed by atoms with Crippen molar-refractivity contribution in [3.05, 3.63) is 16.6 Å². The molecule has 0 aliphatic carbocycles. The number of rotatable bonds is 2. The van der Waals surface area contributed by atoms with Crippen molar-refractivity contribution in [2.24, 2.45) is 4.99 Å². The molecule has 0 saturated heterocycles. The van der Waals surface area contributed by atoms with Crippen LogP contribution in [0.15, 0.2) is 21.7 Å². The molecule has 0 bridgehead atoms. The maximum atomic E-state index is 9.49. The van der Waals surface area contributed by atoms with Crippen LogP contribution in [0.1, 0.15) is 5.01 Å². The standard InChI is InChI=1S/C8H7N5OS2/c9-6-5(7(14)13-8(15)12-6)11-3-4-10-1-2-16-4/h1-3H,(H4,9,12,13,14,15)/b11-3+. The molecule has 0 fully saturated rings. The molecular weight excluding hydrogens is 246 g/mol. The van der Waals surface area contributed by atoms with Crippen molar-refractivity contribution in [2.75, 3.05) is 5.73 Å². The molecule has 0 atom stereocenters. The third-order valence-corrected chi connectivity index (χ3v) is 2.55. The highest BCUT2D eigenvalue weighted by Gasteiger charge is 2.08. The number of nitrogen functional groups attached to an aromatic ring is 1. The van der Waals surface area contributed by atoms with Crippen LogP contribution in [0.25, 0.3) is 0 Å². The highest BCUT2D eigenvalue weighted by Crippen LogP contribution is 2.29. The molecule has 2 rings (SSSR count). The zero-order chi connectivity index (χ0) is 11.5. The second-order valence-electron chi connectivity index (χ2n) is 2.71. The van der Waals surface area contributed by atoms with E-state index in [1.165, 1.54) is 17.6 Å². The molecule has 0 aromatic carbocycles. The van der Waals surface area contributed by atoms with Gasteiger partial charge in [0.05, 0.1) is 6.21 Å². The fourth-order valence-corrected chi connectivity index (χ4v) is 1.69. The highest BCUT2D eigenvalue weighted by atomic mass is 32.1. The van der Waals surface area contributed by atoms with E-state index in [2.05, 4.69) is 32.6 Å². The van der Waals surface area contributed by atoms with E-state index >= 15 is 0 Å². The fraction of sp³-hybridized carbons (Fsp3) is 0. The van der Waals surface area contributed by atoms with Crippen LogP contribution in [0.3, 0.4) is 0 Å². The fourth-order valence-electron chi connectivity index (χ4n) is 0.990. The third kappa shape index (κ3) is 2.28. The van der Waals surface area contributed by atoms with Crippen molar-refractivity contribution in [1.29, 1.82) is 0 Å². The minimum atomic E-state index is -0.301. The second-order valence-corrected chi connectivity index (χ2v) is 4.04. The molecule has 0 aliphatic rings. The Hall–Kier alpha value is -1.67. The van der Waals surface area contributed by atoms with Crippen LogP contribution in [0.2, 0.25) is 0 Å². The number of aliphatic imine (C=N–C) groups is 1. The lowest BCUT2D eigenvalue weighted by Gasteiger charge is -2.01. The van der Waals surface area contributed by atoms with Gasteiger partial charge in [0, 0.05) is 11.6 Å². The Morgan fingerprint density at radius 1 is 1.50 bits per heavy atom. The number of aromatic nitrogens is 3. The molecule has 16 heavy (non-hydrogen) atoms. The molecule has 0 radical (unpaired) electrons. The lowest BCUT2D eigenvalue weighted by atomic mass is 10.4. The molecule has 0 amide bonds. The van der Waals surface area contributed by atoms with E-state index in [1.807, 2.05) is 5.38 Å². The summed E-state index contributed by atoms with van der Waals surface area (Å²) in [7, 11) is 0. The zero-order valence-electron chi connectivity index (χ0n) is 7.90. The summed E-state index contributed by atoms with van der Waals surface area (Å²) in [6, 6.07) is 0. The van der Waals surface area contributed by atoms with Gasteiger partial charge in [-0.25, -0.2) is 15.0 Å². The van der Waals surface area contributed by atoms with E-state index in [0.717, 1.165) is 0 Å². The Labute approximate surface area is 100 Å². The van der Waals surface area contributed by atoms with Gasteiger partial charge < -0.3 is 10.8 Å². The Morgan fingerprint density at radius 3 is 2.94 bits per heavy atom. The van der Waals surface area contributed by atoms with E-state index < -0.39 is 0 Å². The molecule has 0 unspecified atom stereocenters. The zero-order valence-corrected chi connectivity index (χ0v) is 9.61. The van der Waals surface area contributed by atoms with Crippen molar-refractivity contribution in [3.63, 3.8) is 0 Å². The minimum absolute atomic E-state index is 0.0744. The number of nitrogens with zero attached hydrogens (tertiary/aromatic N) is 4. The van der Waals surface area contributed by atoms with E-state index in [9.17, 15) is 5.11 Å². The third-order valence-electron chi connectivity index (χ3n) is 1.64. The van der Waals surface area contributed by atoms with E-state index in [0.29, 0.717) is 5.01 Å². The quantitative estimate of drug-likeness (QED) is 0.425. The maximum absolute atomic E-state index is 9.49. The molecular formula is C8H7N5OS2. The van der Waals surface area contributed by atoms with E-state index in [1.54, 1.807) is 6.20 Å². The van der Waals surface area contributed by atoms with Gasteiger partial charge in [-0.1, -0.05) is 0 Å². The second kappa shape index (κ2) is 4.45. The smallest absolute Gasteiger partial charge is 0.243 e. The summed E-state index contributed by atoms with van der Waals surface area (Å²) in [6.45, 7) is 0. The number of hydrogen-bond donors (Lipinski definition) is 3. The summed E-state index contributed by atoms with van der Waals surface area (Å²) in [6.07, 6.45) is 3.14. The van der Waals surface area contributed by atoms with Gasteiger partial charge in [0.15, 0.2) is 16.7 Å². The first-order valence-corrected chi connectivity index (χ1v) is 5.48. The van der Waals surface area contributed by atoms with Crippen LogP contribution in [-0.4, -0.2) is 26.3 Å². The van der Waals surface area contributed by atoms with Gasteiger partial charge in [-0.15, -0.1) is 24.0 Å². The Bertz CT molecular complexity index is 502. The first-order chi connectivity index (χ1) is 7.66. The number of aromatic hydroxyl groups is 1. The van der Waals surface area contributed by atoms with Crippen molar-refractivity contribution >= 4 is 41.7 Å². The number of thiazole rings is 1. The summed E-state index contributed by atoms with van der Waals surface area (Å²) in [5.41, 5.74) is 5.69. The number of thiol groups is 1. The summed E-state index contributed by atoms with van der Waals surface area (Å²) < 4.78 is 0. The molecule has 2 heterocycles. The first kappa shape index (κ1) is 10.8. The first-order valence-electron chi connectivity index (χ1n) is 4.16. The molecule has 6 nitrogen and oxygen atoms in total. The van der Waals surface area contributed by atoms with Crippen LogP contribution in [0.5, 0.6) is 5.88 Å². The highest BCUT2D eigenvalue weighted by molar-refractivity contribution is 7.80. The summed E-state index contributed by atoms with van der Waals surface area (Å²) in [4.78, 5) is 15.4. The van der Waals surface area contributed by atoms with Crippen LogP contribution in [0, 0.1) is 0 Å². The molecule has 0 spiro atoms. The number of nitrogens with two attached hydrogens (primary N) is 1. The van der Waals surface area contributed by atoms with Gasteiger partial charge in [0.2, 0.25) is 5.88 Å². The SMILES string of the molecule is Nc1nc(S)nc(O)c1/N=C/c1nccs1. The summed E-state index contributed by atoms with van der Waals surface area (Å²) >= 11 is 5.29. The summed E-state index contributed by atoms with van der Waals surface area (Å²) in [5.74, 6) is -0.226. The molecule has 0 saturated carbocycles. The van der Waals surface area contributed by atoms with Crippen molar-refractivity contribution in [2.45, 2.75) is 5.16 Å². The lowest BCUT2D eigenvalue weighted by Crippen LogP contribution is -1.94.